The number of carboxylic acid groups (broad SMARTS) is 1. The molecule has 0 radical (unpaired) electrons. The summed E-state index contributed by atoms with van der Waals surface area (Å²) >= 11 is 1.57. The number of hydrogen-bond acceptors (Lipinski definition) is 3. The third kappa shape index (κ3) is 8.26. The summed E-state index contributed by atoms with van der Waals surface area (Å²) in [5.41, 5.74) is 3.97. The van der Waals surface area contributed by atoms with Crippen molar-refractivity contribution in [2.75, 3.05) is 18.0 Å². The first-order valence-electron chi connectivity index (χ1n) is 12.3. The van der Waals surface area contributed by atoms with Crippen molar-refractivity contribution in [1.82, 2.24) is 5.32 Å². The Morgan fingerprint density at radius 2 is 1.32 bits per heavy atom. The molecule has 0 bridgehead atoms. The number of nitrogens with zero attached hydrogens (tertiary/aromatic N) is 1. The van der Waals surface area contributed by atoms with E-state index in [4.69, 9.17) is 5.11 Å². The molecule has 37 heavy (non-hydrogen) atoms. The molecule has 0 fully saturated rings. The van der Waals surface area contributed by atoms with Crippen LogP contribution in [0.5, 0.6) is 0 Å². The first-order valence-corrected chi connectivity index (χ1v) is 13.1. The van der Waals surface area contributed by atoms with Gasteiger partial charge in [0.1, 0.15) is 0 Å². The highest BCUT2D eigenvalue weighted by Gasteiger charge is 2.16. The Bertz CT molecular complexity index is 1300. The molecule has 0 atom stereocenters. The van der Waals surface area contributed by atoms with Crippen LogP contribution >= 0.6 is 11.8 Å². The van der Waals surface area contributed by atoms with Crippen molar-refractivity contribution in [3.8, 4) is 0 Å². The molecule has 0 saturated heterocycles. The Labute approximate surface area is 222 Å². The van der Waals surface area contributed by atoms with E-state index in [1.165, 1.54) is 11.1 Å². The van der Waals surface area contributed by atoms with Crippen molar-refractivity contribution in [3.63, 3.8) is 0 Å². The van der Waals surface area contributed by atoms with Crippen molar-refractivity contribution in [3.05, 3.63) is 126 Å². The smallest absolute Gasteiger partial charge is 0.321 e. The summed E-state index contributed by atoms with van der Waals surface area (Å²) in [6.07, 6.45) is 1.53. The van der Waals surface area contributed by atoms with Crippen molar-refractivity contribution in [2.24, 2.45) is 0 Å². The number of amides is 2. The van der Waals surface area contributed by atoms with Gasteiger partial charge in [0.25, 0.3) is 0 Å². The van der Waals surface area contributed by atoms with Crippen molar-refractivity contribution in [1.29, 1.82) is 0 Å². The van der Waals surface area contributed by atoms with E-state index in [0.29, 0.717) is 13.1 Å². The molecule has 0 aromatic heterocycles. The highest BCUT2D eigenvalue weighted by atomic mass is 32.2. The van der Waals surface area contributed by atoms with Gasteiger partial charge in [0.05, 0.1) is 6.42 Å². The fourth-order valence-corrected chi connectivity index (χ4v) is 4.91. The lowest BCUT2D eigenvalue weighted by molar-refractivity contribution is -0.136. The van der Waals surface area contributed by atoms with E-state index in [-0.39, 0.29) is 12.5 Å². The van der Waals surface area contributed by atoms with Crippen LogP contribution in [-0.4, -0.2) is 30.2 Å². The van der Waals surface area contributed by atoms with Crippen molar-refractivity contribution in [2.45, 2.75) is 29.1 Å². The second-order valence-corrected chi connectivity index (χ2v) is 9.82. The summed E-state index contributed by atoms with van der Waals surface area (Å²) in [5, 5.41) is 12.1. The molecule has 4 aromatic rings. The van der Waals surface area contributed by atoms with Gasteiger partial charge in [0, 0.05) is 28.6 Å². The average molecular weight is 511 g/mol. The summed E-state index contributed by atoms with van der Waals surface area (Å²) in [7, 11) is 0. The molecule has 0 saturated carbocycles. The van der Waals surface area contributed by atoms with E-state index in [1.807, 2.05) is 84.9 Å². The lowest BCUT2D eigenvalue weighted by Crippen LogP contribution is -2.42. The van der Waals surface area contributed by atoms with E-state index in [1.54, 1.807) is 16.7 Å². The van der Waals surface area contributed by atoms with Crippen LogP contribution < -0.4 is 10.2 Å². The quantitative estimate of drug-likeness (QED) is 0.243. The fraction of sp³-hybridized carbons (Fsp3) is 0.161. The van der Waals surface area contributed by atoms with Gasteiger partial charge >= 0.3 is 12.0 Å². The Kier molecular flexibility index (Phi) is 9.38. The number of nitrogens with one attached hydrogen (secondary N) is 1. The number of anilines is 1. The Balaban J connectivity index is 1.44. The first-order chi connectivity index (χ1) is 18.1. The highest BCUT2D eigenvalue weighted by Crippen LogP contribution is 2.30. The van der Waals surface area contributed by atoms with Gasteiger partial charge in [-0.05, 0) is 65.9 Å². The van der Waals surface area contributed by atoms with Crippen LogP contribution in [0.2, 0.25) is 0 Å². The first kappa shape index (κ1) is 26.0. The van der Waals surface area contributed by atoms with Gasteiger partial charge in [0.2, 0.25) is 0 Å². The molecule has 0 unspecified atom stereocenters. The zero-order valence-corrected chi connectivity index (χ0v) is 21.4. The minimum Gasteiger partial charge on any atom is -0.481 e. The van der Waals surface area contributed by atoms with Gasteiger partial charge in [-0.2, -0.15) is 0 Å². The van der Waals surface area contributed by atoms with Crippen LogP contribution in [0.3, 0.4) is 0 Å². The minimum atomic E-state index is -0.843. The summed E-state index contributed by atoms with van der Waals surface area (Å²) in [4.78, 5) is 28.0. The molecule has 2 amide bonds. The van der Waals surface area contributed by atoms with Crippen LogP contribution in [0, 0.1) is 0 Å². The summed E-state index contributed by atoms with van der Waals surface area (Å²) < 4.78 is 0. The number of benzene rings is 4. The number of carbonyl (C=O) groups excluding carboxylic acids is 1. The maximum Gasteiger partial charge on any atom is 0.321 e. The molecular formula is C31H30N2O3S. The number of aliphatic carboxylic acids is 1. The van der Waals surface area contributed by atoms with E-state index in [2.05, 4.69) is 29.6 Å². The zero-order chi connectivity index (χ0) is 25.9. The zero-order valence-electron chi connectivity index (χ0n) is 20.5. The molecule has 0 aliphatic heterocycles. The molecule has 2 N–H and O–H groups in total. The lowest BCUT2D eigenvalue weighted by Gasteiger charge is -2.24. The van der Waals surface area contributed by atoms with E-state index < -0.39 is 5.97 Å². The predicted molar refractivity (Wildman–Crippen MR) is 149 cm³/mol. The van der Waals surface area contributed by atoms with Crippen LogP contribution in [0.4, 0.5) is 10.5 Å². The molecule has 4 rings (SSSR count). The number of carboxylic acids is 1. The van der Waals surface area contributed by atoms with E-state index in [0.717, 1.165) is 33.9 Å². The van der Waals surface area contributed by atoms with Gasteiger partial charge in [-0.15, -0.1) is 0 Å². The molecule has 188 valence electrons. The van der Waals surface area contributed by atoms with Crippen LogP contribution in [-0.2, 0) is 24.1 Å². The number of carbonyl (C=O) groups is 2. The fourth-order valence-electron chi connectivity index (χ4n) is 4.01. The monoisotopic (exact) mass is 510 g/mol. The summed E-state index contributed by atoms with van der Waals surface area (Å²) in [6.45, 7) is 1.12. The average Bonchev–Trinajstić information content (AvgIpc) is 2.91. The van der Waals surface area contributed by atoms with Crippen molar-refractivity contribution >= 4 is 29.4 Å². The topological polar surface area (TPSA) is 69.6 Å². The van der Waals surface area contributed by atoms with Crippen LogP contribution in [0.1, 0.15) is 16.7 Å². The Morgan fingerprint density at radius 1 is 0.703 bits per heavy atom. The number of urea groups is 1. The van der Waals surface area contributed by atoms with Gasteiger partial charge < -0.3 is 10.4 Å². The van der Waals surface area contributed by atoms with Gasteiger partial charge in [-0.3, -0.25) is 9.69 Å². The maximum atomic E-state index is 13.2. The van der Waals surface area contributed by atoms with Gasteiger partial charge in [-0.25, -0.2) is 4.79 Å². The number of rotatable bonds is 11. The predicted octanol–water partition coefficient (Wildman–Crippen LogP) is 6.47. The molecule has 6 heteroatoms. The minimum absolute atomic E-state index is 0.00307. The normalized spacial score (nSPS) is 10.6. The summed E-state index contributed by atoms with van der Waals surface area (Å²) in [6, 6.07) is 35.7. The second-order valence-electron chi connectivity index (χ2n) is 8.67. The molecule has 0 spiro atoms. The third-order valence-electron chi connectivity index (χ3n) is 5.88. The molecule has 4 aromatic carbocycles. The third-order valence-corrected chi connectivity index (χ3v) is 6.88. The molecular weight excluding hydrogens is 480 g/mol. The van der Waals surface area contributed by atoms with Gasteiger partial charge in [-0.1, -0.05) is 84.6 Å². The van der Waals surface area contributed by atoms with E-state index in [9.17, 15) is 9.59 Å². The SMILES string of the molecule is O=C(O)Cc1cccc(Sc2ccc(N(CCc3ccccc3)C(=O)NCCc3ccccc3)cc2)c1. The Hall–Kier alpha value is -4.03. The molecule has 0 aliphatic rings. The molecule has 0 heterocycles. The standard InChI is InChI=1S/C31H30N2O3S/c34-30(35)23-26-12-7-13-29(22-26)37-28-16-14-27(15-17-28)33(21-19-25-10-5-2-6-11-25)31(36)32-20-18-24-8-3-1-4-9-24/h1-17,22H,18-21,23H2,(H,32,36)(H,34,35). The Morgan fingerprint density at radius 3 is 1.97 bits per heavy atom. The van der Waals surface area contributed by atoms with Gasteiger partial charge in [0.15, 0.2) is 0 Å². The van der Waals surface area contributed by atoms with Crippen LogP contribution in [0.25, 0.3) is 0 Å². The van der Waals surface area contributed by atoms with Crippen molar-refractivity contribution < 1.29 is 14.7 Å². The highest BCUT2D eigenvalue weighted by molar-refractivity contribution is 7.99. The largest absolute Gasteiger partial charge is 0.481 e. The number of hydrogen-bond donors (Lipinski definition) is 2. The second kappa shape index (κ2) is 13.3. The molecule has 5 nitrogen and oxygen atoms in total. The van der Waals surface area contributed by atoms with Crippen LogP contribution in [0.15, 0.2) is 119 Å². The maximum absolute atomic E-state index is 13.2. The molecule has 0 aliphatic carbocycles. The van der Waals surface area contributed by atoms with E-state index >= 15 is 0 Å². The lowest BCUT2D eigenvalue weighted by atomic mass is 10.1. The summed E-state index contributed by atoms with van der Waals surface area (Å²) in [5.74, 6) is -0.843.